The fourth-order valence-corrected chi connectivity index (χ4v) is 4.64. The van der Waals surface area contributed by atoms with Gasteiger partial charge in [0.15, 0.2) is 5.75 Å². The molecule has 2 aromatic rings. The van der Waals surface area contributed by atoms with Gasteiger partial charge in [-0.3, -0.25) is 14.9 Å². The Kier molecular flexibility index (Phi) is 4.22. The molecule has 4 rings (SSSR count). The van der Waals surface area contributed by atoms with E-state index in [1.807, 2.05) is 11.9 Å². The van der Waals surface area contributed by atoms with E-state index in [-0.39, 0.29) is 29.3 Å². The number of aromatic nitrogens is 4. The van der Waals surface area contributed by atoms with Gasteiger partial charge in [-0.1, -0.05) is 11.8 Å². The van der Waals surface area contributed by atoms with E-state index in [0.29, 0.717) is 23.5 Å². The molecule has 0 aliphatic carbocycles. The van der Waals surface area contributed by atoms with Gasteiger partial charge in [-0.2, -0.15) is 10.2 Å². The maximum atomic E-state index is 12.9. The molecule has 2 atom stereocenters. The summed E-state index contributed by atoms with van der Waals surface area (Å²) in [6.45, 7) is 0.105. The minimum Gasteiger partial charge on any atom is -0.504 e. The largest absolute Gasteiger partial charge is 0.504 e. The van der Waals surface area contributed by atoms with Crippen LogP contribution in [-0.4, -0.2) is 49.6 Å². The van der Waals surface area contributed by atoms with Crippen molar-refractivity contribution in [3.8, 4) is 5.75 Å². The molecule has 27 heavy (non-hydrogen) atoms. The molecule has 10 nitrogen and oxygen atoms in total. The van der Waals surface area contributed by atoms with Crippen molar-refractivity contribution in [1.82, 2.24) is 20.0 Å². The Morgan fingerprint density at radius 1 is 1.52 bits per heavy atom. The molecule has 5 N–H and O–H groups in total. The number of aromatic amines is 1. The topological polar surface area (TPSA) is 149 Å². The standard InChI is InChI=1S/C16H18N8O2S/c1-23-13-9(14-15(23)21-12(27-14)4-8(18)2-3-17)5-20-24(16(13)26)7-10-11(25)6-19-22-10/h2-3,5-6,14-15,17,25H,4,7,18H2,1H3,(H,19,22). The smallest absolute Gasteiger partial charge is 0.291 e. The maximum Gasteiger partial charge on any atom is 0.291 e. The third-order valence-electron chi connectivity index (χ3n) is 4.57. The van der Waals surface area contributed by atoms with Crippen LogP contribution in [0.1, 0.15) is 22.9 Å². The number of nitrogens with one attached hydrogen (secondary N) is 2. The first-order valence-corrected chi connectivity index (χ1v) is 9.10. The lowest BCUT2D eigenvalue weighted by molar-refractivity contribution is 0.462. The third kappa shape index (κ3) is 2.89. The normalized spacial score (nSPS) is 21.1. The second kappa shape index (κ2) is 6.58. The van der Waals surface area contributed by atoms with Crippen LogP contribution < -0.4 is 16.2 Å². The zero-order valence-corrected chi connectivity index (χ0v) is 15.3. The molecule has 0 saturated heterocycles. The van der Waals surface area contributed by atoms with E-state index in [1.165, 1.54) is 10.9 Å². The fraction of sp³-hybridized carbons (Fsp3) is 0.312. The predicted octanol–water partition coefficient (Wildman–Crippen LogP) is 0.565. The molecule has 0 spiro atoms. The average molecular weight is 386 g/mol. The lowest BCUT2D eigenvalue weighted by atomic mass is 10.2. The second-order valence-electron chi connectivity index (χ2n) is 6.32. The predicted molar refractivity (Wildman–Crippen MR) is 103 cm³/mol. The number of nitrogens with two attached hydrogens (primary N) is 1. The Balaban J connectivity index is 1.62. The first kappa shape index (κ1) is 17.3. The third-order valence-corrected chi connectivity index (χ3v) is 5.84. The van der Waals surface area contributed by atoms with Crippen molar-refractivity contribution >= 4 is 28.7 Å². The van der Waals surface area contributed by atoms with Gasteiger partial charge < -0.3 is 21.1 Å². The number of hydrogen-bond acceptors (Lipinski definition) is 9. The number of allylic oxidation sites excluding steroid dienone is 2. The van der Waals surface area contributed by atoms with E-state index in [1.54, 1.807) is 24.0 Å². The van der Waals surface area contributed by atoms with Crippen molar-refractivity contribution < 1.29 is 5.11 Å². The number of fused-ring (bicyclic) bond motifs is 3. The number of nitrogens with zero attached hydrogens (tertiary/aromatic N) is 5. The van der Waals surface area contributed by atoms with Gasteiger partial charge in [0, 0.05) is 30.9 Å². The van der Waals surface area contributed by atoms with E-state index in [4.69, 9.17) is 16.1 Å². The summed E-state index contributed by atoms with van der Waals surface area (Å²) < 4.78 is 1.30. The molecule has 0 saturated carbocycles. The van der Waals surface area contributed by atoms with Gasteiger partial charge in [0.1, 0.15) is 11.9 Å². The van der Waals surface area contributed by atoms with Crippen molar-refractivity contribution in [2.75, 3.05) is 11.9 Å². The average Bonchev–Trinajstić information content (AvgIpc) is 3.28. The highest BCUT2D eigenvalue weighted by Gasteiger charge is 2.44. The summed E-state index contributed by atoms with van der Waals surface area (Å²) in [5.74, 6) is -0.00483. The summed E-state index contributed by atoms with van der Waals surface area (Å²) in [6.07, 6.45) is 5.98. The number of rotatable bonds is 5. The van der Waals surface area contributed by atoms with Crippen molar-refractivity contribution in [2.45, 2.75) is 24.4 Å². The quantitative estimate of drug-likeness (QED) is 0.549. The van der Waals surface area contributed by atoms with Crippen LogP contribution in [0.5, 0.6) is 5.75 Å². The zero-order valence-electron chi connectivity index (χ0n) is 14.5. The van der Waals surface area contributed by atoms with E-state index < -0.39 is 0 Å². The van der Waals surface area contributed by atoms with E-state index in [9.17, 15) is 9.90 Å². The van der Waals surface area contributed by atoms with Gasteiger partial charge in [0.05, 0.1) is 34.9 Å². The SMILES string of the molecule is CN1c2c(cnn(Cc3[nH]ncc3O)c2=O)C2SC(CC(N)=CC=N)=NC21. The van der Waals surface area contributed by atoms with Crippen LogP contribution in [-0.2, 0) is 6.54 Å². The maximum absolute atomic E-state index is 12.9. The monoisotopic (exact) mass is 386 g/mol. The molecule has 140 valence electrons. The number of hydrogen-bond donors (Lipinski definition) is 4. The van der Waals surface area contributed by atoms with Crippen molar-refractivity contribution in [2.24, 2.45) is 10.7 Å². The van der Waals surface area contributed by atoms with Crippen molar-refractivity contribution in [1.29, 1.82) is 5.41 Å². The summed E-state index contributed by atoms with van der Waals surface area (Å²) in [5, 5.41) is 28.4. The molecule has 11 heteroatoms. The van der Waals surface area contributed by atoms with Crippen LogP contribution in [0.4, 0.5) is 5.69 Å². The molecular weight excluding hydrogens is 368 g/mol. The Bertz CT molecular complexity index is 1020. The number of anilines is 1. The Hall–Kier alpha value is -3.08. The molecule has 4 heterocycles. The number of likely N-dealkylation sites (N-methyl/N-ethyl adjacent to an activating group) is 1. The van der Waals surface area contributed by atoms with E-state index in [0.717, 1.165) is 16.8 Å². The highest BCUT2D eigenvalue weighted by Crippen LogP contribution is 2.50. The van der Waals surface area contributed by atoms with Crippen LogP contribution in [0.3, 0.4) is 0 Å². The van der Waals surface area contributed by atoms with Crippen molar-refractivity contribution in [3.05, 3.63) is 45.8 Å². The molecule has 2 aliphatic rings. The van der Waals surface area contributed by atoms with Gasteiger partial charge in [-0.15, -0.1) is 0 Å². The molecule has 2 aromatic heterocycles. The van der Waals surface area contributed by atoms with Gasteiger partial charge >= 0.3 is 0 Å². The minimum atomic E-state index is -0.237. The first-order valence-electron chi connectivity index (χ1n) is 8.22. The van der Waals surface area contributed by atoms with Gasteiger partial charge in [-0.05, 0) is 6.08 Å². The Morgan fingerprint density at radius 2 is 2.33 bits per heavy atom. The second-order valence-corrected chi connectivity index (χ2v) is 7.53. The summed E-state index contributed by atoms with van der Waals surface area (Å²) in [6, 6.07) is 0. The lowest BCUT2D eigenvalue weighted by Crippen LogP contribution is -2.32. The fourth-order valence-electron chi connectivity index (χ4n) is 3.27. The van der Waals surface area contributed by atoms with Crippen LogP contribution in [0.2, 0.25) is 0 Å². The molecule has 0 amide bonds. The molecule has 0 radical (unpaired) electrons. The van der Waals surface area contributed by atoms with Crippen LogP contribution in [0.25, 0.3) is 0 Å². The van der Waals surface area contributed by atoms with Gasteiger partial charge in [0.2, 0.25) is 0 Å². The van der Waals surface area contributed by atoms with Crippen LogP contribution in [0, 0.1) is 5.41 Å². The molecular formula is C16H18N8O2S. The molecule has 2 aliphatic heterocycles. The Morgan fingerprint density at radius 3 is 3.04 bits per heavy atom. The number of aromatic hydroxyl groups is 1. The number of H-pyrrole nitrogens is 1. The minimum absolute atomic E-state index is 0.00483. The summed E-state index contributed by atoms with van der Waals surface area (Å²) in [4.78, 5) is 19.5. The first-order chi connectivity index (χ1) is 13.0. The zero-order chi connectivity index (χ0) is 19.1. The van der Waals surface area contributed by atoms with Crippen molar-refractivity contribution in [3.63, 3.8) is 0 Å². The lowest BCUT2D eigenvalue weighted by Gasteiger charge is -2.17. The van der Waals surface area contributed by atoms with E-state index >= 15 is 0 Å². The molecule has 2 unspecified atom stereocenters. The molecule has 0 bridgehead atoms. The molecule has 0 fully saturated rings. The van der Waals surface area contributed by atoms with Gasteiger partial charge in [0.25, 0.3) is 5.56 Å². The summed E-state index contributed by atoms with van der Waals surface area (Å²) in [7, 11) is 1.84. The van der Waals surface area contributed by atoms with Crippen LogP contribution in [0.15, 0.2) is 34.0 Å². The summed E-state index contributed by atoms with van der Waals surface area (Å²) >= 11 is 1.57. The molecule has 0 aromatic carbocycles. The Labute approximate surface area is 158 Å². The van der Waals surface area contributed by atoms with Gasteiger partial charge in [-0.25, -0.2) is 4.68 Å². The van der Waals surface area contributed by atoms with Crippen LogP contribution >= 0.6 is 11.8 Å². The highest BCUT2D eigenvalue weighted by atomic mass is 32.2. The van der Waals surface area contributed by atoms with E-state index in [2.05, 4.69) is 15.3 Å². The summed E-state index contributed by atoms with van der Waals surface area (Å²) in [5.41, 5.74) is 8.05. The number of thioether (sulfide) groups is 1. The number of aliphatic imine (C=N–C) groups is 1. The highest BCUT2D eigenvalue weighted by molar-refractivity contribution is 8.14.